The molecule has 0 saturated carbocycles. The number of benzene rings is 2. The van der Waals surface area contributed by atoms with Crippen LogP contribution in [0.3, 0.4) is 0 Å². The predicted octanol–water partition coefficient (Wildman–Crippen LogP) is 2.63. The van der Waals surface area contributed by atoms with Gasteiger partial charge in [0.2, 0.25) is 0 Å². The smallest absolute Gasteiger partial charge is 0.150 e. The summed E-state index contributed by atoms with van der Waals surface area (Å²) < 4.78 is 5.64. The van der Waals surface area contributed by atoms with Crippen molar-refractivity contribution < 1.29 is 4.74 Å². The number of hydrogen-bond acceptors (Lipinski definition) is 4. The normalized spacial score (nSPS) is 10.1. The molecule has 0 atom stereocenters. The lowest BCUT2D eigenvalue weighted by Gasteiger charge is -2.10. The van der Waals surface area contributed by atoms with Crippen LogP contribution in [0, 0.1) is 5.41 Å². The van der Waals surface area contributed by atoms with Crippen molar-refractivity contribution in [1.29, 1.82) is 5.41 Å². The Kier molecular flexibility index (Phi) is 3.43. The highest BCUT2D eigenvalue weighted by molar-refractivity contribution is 7.80. The molecule has 2 aromatic carbocycles. The maximum atomic E-state index is 7.37. The number of nitrogens with one attached hydrogen (secondary N) is 1. The van der Waals surface area contributed by atoms with Crippen molar-refractivity contribution >= 4 is 24.2 Å². The van der Waals surface area contributed by atoms with Gasteiger partial charge in [-0.2, -0.15) is 0 Å². The van der Waals surface area contributed by atoms with E-state index in [1.165, 1.54) is 0 Å². The molecule has 0 aliphatic heterocycles. The molecule has 0 spiro atoms. The first-order valence-electron chi connectivity index (χ1n) is 5.27. The Hall–Kier alpha value is -2.14. The molecule has 0 aliphatic carbocycles. The molecule has 4 nitrogen and oxygen atoms in total. The van der Waals surface area contributed by atoms with Gasteiger partial charge in [-0.15, -0.1) is 12.6 Å². The molecule has 0 amide bonds. The number of nitrogen functional groups attached to an aromatic ring is 2. The van der Waals surface area contributed by atoms with E-state index in [2.05, 4.69) is 12.6 Å². The van der Waals surface area contributed by atoms with Crippen molar-refractivity contribution in [3.8, 4) is 11.5 Å². The Morgan fingerprint density at radius 2 is 1.89 bits per heavy atom. The second-order valence-corrected chi connectivity index (χ2v) is 4.21. The highest BCUT2D eigenvalue weighted by Gasteiger charge is 2.06. The van der Waals surface area contributed by atoms with Gasteiger partial charge >= 0.3 is 0 Å². The molecule has 0 radical (unpaired) electrons. The number of rotatable bonds is 3. The number of hydrogen-bond donors (Lipinski definition) is 4. The summed E-state index contributed by atoms with van der Waals surface area (Å²) >= 11 is 4.27. The van der Waals surface area contributed by atoms with Gasteiger partial charge in [0, 0.05) is 10.5 Å². The lowest BCUT2D eigenvalue weighted by atomic mass is 10.2. The first kappa shape index (κ1) is 12.3. The summed E-state index contributed by atoms with van der Waals surface area (Å²) in [5, 5.41) is 7.37. The summed E-state index contributed by atoms with van der Waals surface area (Å²) in [6.07, 6.45) is 0. The fourth-order valence-electron chi connectivity index (χ4n) is 1.50. The van der Waals surface area contributed by atoms with Crippen LogP contribution in [0.4, 0.5) is 5.69 Å². The topological polar surface area (TPSA) is 85.1 Å². The Balaban J connectivity index is 2.29. The Morgan fingerprint density at radius 3 is 2.50 bits per heavy atom. The van der Waals surface area contributed by atoms with E-state index in [1.54, 1.807) is 30.3 Å². The third-order valence-electron chi connectivity index (χ3n) is 2.41. The van der Waals surface area contributed by atoms with Crippen LogP contribution in [-0.2, 0) is 0 Å². The largest absolute Gasteiger partial charge is 0.455 e. The predicted molar refractivity (Wildman–Crippen MR) is 75.6 cm³/mol. The summed E-state index contributed by atoms with van der Waals surface area (Å²) in [6, 6.07) is 12.4. The van der Waals surface area contributed by atoms with E-state index in [1.807, 2.05) is 12.1 Å². The third-order valence-corrected chi connectivity index (χ3v) is 2.78. The standard InChI is InChI=1S/C13H13N3OS/c14-10-3-1-2-4-11(10)17-8-5-6-9(13(15)16)12(18)7-8/h1-7,18H,14H2,(H3,15,16). The van der Waals surface area contributed by atoms with Gasteiger partial charge in [0.15, 0.2) is 0 Å². The number of para-hydroxylation sites is 2. The molecule has 0 unspecified atom stereocenters. The van der Waals surface area contributed by atoms with E-state index >= 15 is 0 Å². The van der Waals surface area contributed by atoms with Crippen molar-refractivity contribution in [2.75, 3.05) is 5.73 Å². The van der Waals surface area contributed by atoms with Gasteiger partial charge in [-0.3, -0.25) is 5.41 Å². The molecule has 0 heterocycles. The van der Waals surface area contributed by atoms with Gasteiger partial charge in [-0.1, -0.05) is 12.1 Å². The first-order chi connectivity index (χ1) is 8.58. The van der Waals surface area contributed by atoms with Crippen LogP contribution in [0.2, 0.25) is 0 Å². The Bertz CT molecular complexity index is 599. The SMILES string of the molecule is N=C(N)c1ccc(Oc2ccccc2N)cc1S. The summed E-state index contributed by atoms with van der Waals surface area (Å²) in [4.78, 5) is 0.592. The fraction of sp³-hybridized carbons (Fsp3) is 0. The zero-order chi connectivity index (χ0) is 13.1. The zero-order valence-electron chi connectivity index (χ0n) is 9.55. The Labute approximate surface area is 110 Å². The summed E-state index contributed by atoms with van der Waals surface area (Å²) in [6.45, 7) is 0. The number of ether oxygens (including phenoxy) is 1. The van der Waals surface area contributed by atoms with E-state index < -0.39 is 0 Å². The zero-order valence-corrected chi connectivity index (χ0v) is 10.4. The van der Waals surface area contributed by atoms with Gasteiger partial charge in [-0.25, -0.2) is 0 Å². The van der Waals surface area contributed by atoms with Crippen molar-refractivity contribution in [1.82, 2.24) is 0 Å². The van der Waals surface area contributed by atoms with E-state index in [9.17, 15) is 0 Å². The second-order valence-electron chi connectivity index (χ2n) is 3.73. The van der Waals surface area contributed by atoms with Gasteiger partial charge in [0.1, 0.15) is 17.3 Å². The highest BCUT2D eigenvalue weighted by atomic mass is 32.1. The maximum Gasteiger partial charge on any atom is 0.150 e. The minimum atomic E-state index is -0.0224. The molecule has 0 aliphatic rings. The summed E-state index contributed by atoms with van der Waals surface area (Å²) in [7, 11) is 0. The molecule has 0 fully saturated rings. The molecule has 2 rings (SSSR count). The third kappa shape index (κ3) is 2.57. The molecule has 18 heavy (non-hydrogen) atoms. The minimum Gasteiger partial charge on any atom is -0.455 e. The van der Waals surface area contributed by atoms with Gasteiger partial charge < -0.3 is 16.2 Å². The van der Waals surface area contributed by atoms with Gasteiger partial charge in [-0.05, 0) is 30.3 Å². The van der Waals surface area contributed by atoms with Crippen LogP contribution in [0.1, 0.15) is 5.56 Å². The van der Waals surface area contributed by atoms with E-state index in [4.69, 9.17) is 21.6 Å². The monoisotopic (exact) mass is 259 g/mol. The Morgan fingerprint density at radius 1 is 1.17 bits per heavy atom. The first-order valence-corrected chi connectivity index (χ1v) is 5.72. The van der Waals surface area contributed by atoms with Crippen molar-refractivity contribution in [3.63, 3.8) is 0 Å². The number of anilines is 1. The average molecular weight is 259 g/mol. The van der Waals surface area contributed by atoms with Crippen LogP contribution in [0.15, 0.2) is 47.4 Å². The quantitative estimate of drug-likeness (QED) is 0.296. The lowest BCUT2D eigenvalue weighted by Crippen LogP contribution is -2.11. The molecule has 0 bridgehead atoms. The molecule has 0 saturated heterocycles. The minimum absolute atomic E-state index is 0.0224. The molecule has 5 heteroatoms. The van der Waals surface area contributed by atoms with E-state index in [-0.39, 0.29) is 5.84 Å². The summed E-state index contributed by atoms with van der Waals surface area (Å²) in [5.74, 6) is 1.16. The number of thiol groups is 1. The van der Waals surface area contributed by atoms with Crippen LogP contribution >= 0.6 is 12.6 Å². The second kappa shape index (κ2) is 5.01. The van der Waals surface area contributed by atoms with Crippen LogP contribution < -0.4 is 16.2 Å². The van der Waals surface area contributed by atoms with Crippen molar-refractivity contribution in [2.24, 2.45) is 5.73 Å². The lowest BCUT2D eigenvalue weighted by molar-refractivity contribution is 0.483. The molecule has 92 valence electrons. The van der Waals surface area contributed by atoms with Gasteiger partial charge in [0.25, 0.3) is 0 Å². The molecule has 0 aromatic heterocycles. The number of nitrogens with two attached hydrogens (primary N) is 2. The fourth-order valence-corrected chi connectivity index (χ4v) is 1.83. The molecular weight excluding hydrogens is 246 g/mol. The van der Waals surface area contributed by atoms with E-state index in [0.29, 0.717) is 27.6 Å². The van der Waals surface area contributed by atoms with Crippen molar-refractivity contribution in [2.45, 2.75) is 4.90 Å². The highest BCUT2D eigenvalue weighted by Crippen LogP contribution is 2.29. The maximum absolute atomic E-state index is 7.37. The molecule has 5 N–H and O–H groups in total. The average Bonchev–Trinajstić information content (AvgIpc) is 2.32. The van der Waals surface area contributed by atoms with E-state index in [0.717, 1.165) is 0 Å². The van der Waals surface area contributed by atoms with Gasteiger partial charge in [0.05, 0.1) is 5.69 Å². The van der Waals surface area contributed by atoms with Crippen LogP contribution in [0.25, 0.3) is 0 Å². The molecular formula is C13H13N3OS. The van der Waals surface area contributed by atoms with Crippen molar-refractivity contribution in [3.05, 3.63) is 48.0 Å². The summed E-state index contributed by atoms with van der Waals surface area (Å²) in [5.41, 5.74) is 12.3. The van der Waals surface area contributed by atoms with Crippen LogP contribution in [0.5, 0.6) is 11.5 Å². The van der Waals surface area contributed by atoms with Crippen LogP contribution in [-0.4, -0.2) is 5.84 Å². The number of amidine groups is 1. The molecule has 2 aromatic rings.